The third kappa shape index (κ3) is 8.03. The molecule has 0 bridgehead atoms. The van der Waals surface area contributed by atoms with E-state index >= 15 is 0 Å². The summed E-state index contributed by atoms with van der Waals surface area (Å²) in [6.45, 7) is 8.89. The molecular formula is C81H55N3O4. The Bertz CT molecular complexity index is 5360. The normalized spacial score (nSPS) is 12.1. The van der Waals surface area contributed by atoms with Gasteiger partial charge in [-0.1, -0.05) is 185 Å². The van der Waals surface area contributed by atoms with Crippen LogP contribution < -0.4 is 9.80 Å². The van der Waals surface area contributed by atoms with Crippen LogP contribution in [0.15, 0.2) is 266 Å². The molecule has 0 spiro atoms. The molecular weight excluding hydrogens is 1080 g/mol. The van der Waals surface area contributed by atoms with Crippen molar-refractivity contribution in [1.82, 2.24) is 0 Å². The Morgan fingerprint density at radius 2 is 0.716 bits per heavy atom. The van der Waals surface area contributed by atoms with E-state index in [1.807, 2.05) is 18.2 Å². The summed E-state index contributed by atoms with van der Waals surface area (Å²) in [6, 6.07) is 90.4. The minimum absolute atomic E-state index is 0.381. The van der Waals surface area contributed by atoms with Crippen molar-refractivity contribution in [2.45, 2.75) is 39.5 Å². The third-order valence-electron chi connectivity index (χ3n) is 18.0. The first kappa shape index (κ1) is 51.1. The Labute approximate surface area is 506 Å². The molecule has 0 radical (unpaired) electrons. The second-order valence-corrected chi connectivity index (χ2v) is 23.8. The molecule has 0 fully saturated rings. The monoisotopic (exact) mass is 1130 g/mol. The van der Waals surface area contributed by atoms with Gasteiger partial charge in [-0.2, -0.15) is 5.26 Å². The summed E-state index contributed by atoms with van der Waals surface area (Å²) >= 11 is 0. The van der Waals surface area contributed by atoms with E-state index in [1.165, 1.54) is 11.1 Å². The van der Waals surface area contributed by atoms with Crippen LogP contribution in [0.2, 0.25) is 0 Å². The fourth-order valence-corrected chi connectivity index (χ4v) is 13.6. The maximum atomic E-state index is 11.3. The zero-order valence-electron chi connectivity index (χ0n) is 48.8. The highest BCUT2D eigenvalue weighted by Crippen LogP contribution is 2.49. The lowest BCUT2D eigenvalue weighted by Crippen LogP contribution is -2.10. The van der Waals surface area contributed by atoms with Crippen molar-refractivity contribution in [2.75, 3.05) is 9.80 Å². The fourth-order valence-electron chi connectivity index (χ4n) is 13.6. The highest BCUT2D eigenvalue weighted by molar-refractivity contribution is 6.23. The lowest BCUT2D eigenvalue weighted by atomic mass is 9.98. The minimum atomic E-state index is 0.381. The smallest absolute Gasteiger partial charge is 0.159 e. The molecule has 0 aliphatic heterocycles. The molecule has 418 valence electrons. The van der Waals surface area contributed by atoms with E-state index in [0.717, 1.165) is 143 Å². The lowest BCUT2D eigenvalue weighted by Gasteiger charge is -2.26. The number of benzene rings is 13. The van der Waals surface area contributed by atoms with Crippen LogP contribution in [-0.4, -0.2) is 0 Å². The van der Waals surface area contributed by atoms with E-state index < -0.39 is 0 Å². The summed E-state index contributed by atoms with van der Waals surface area (Å²) in [6.07, 6.45) is 0. The lowest BCUT2D eigenvalue weighted by molar-refractivity contribution is 0.656. The predicted molar refractivity (Wildman–Crippen MR) is 364 cm³/mol. The number of para-hydroxylation sites is 4. The van der Waals surface area contributed by atoms with Gasteiger partial charge in [-0.05, 0) is 141 Å². The molecule has 0 saturated heterocycles. The number of anilines is 6. The van der Waals surface area contributed by atoms with Gasteiger partial charge >= 0.3 is 0 Å². The second kappa shape index (κ2) is 19.9. The predicted octanol–water partition coefficient (Wildman–Crippen LogP) is 24.0. The number of hydrogen-bond acceptors (Lipinski definition) is 7. The van der Waals surface area contributed by atoms with E-state index in [-0.39, 0.29) is 0 Å². The minimum Gasteiger partial charge on any atom is -0.456 e. The first-order valence-corrected chi connectivity index (χ1v) is 30.1. The van der Waals surface area contributed by atoms with Crippen LogP contribution in [-0.2, 0) is 0 Å². The average molecular weight is 1130 g/mol. The van der Waals surface area contributed by atoms with Gasteiger partial charge in [-0.25, -0.2) is 0 Å². The summed E-state index contributed by atoms with van der Waals surface area (Å²) in [7, 11) is 0. The zero-order chi connectivity index (χ0) is 58.9. The molecule has 0 saturated carbocycles. The summed E-state index contributed by atoms with van der Waals surface area (Å²) in [5.41, 5.74) is 19.1. The van der Waals surface area contributed by atoms with Crippen molar-refractivity contribution in [3.05, 3.63) is 265 Å². The summed E-state index contributed by atoms with van der Waals surface area (Å²) in [5, 5.41) is 22.8. The van der Waals surface area contributed by atoms with Crippen LogP contribution in [0.25, 0.3) is 132 Å². The van der Waals surface area contributed by atoms with Crippen LogP contribution in [0, 0.1) is 11.3 Å². The molecule has 0 aliphatic rings. The van der Waals surface area contributed by atoms with Crippen molar-refractivity contribution in [3.8, 4) is 28.3 Å². The van der Waals surface area contributed by atoms with Crippen molar-refractivity contribution < 1.29 is 17.7 Å². The Morgan fingerprint density at radius 1 is 0.318 bits per heavy atom. The van der Waals surface area contributed by atoms with Gasteiger partial charge in [0.15, 0.2) is 11.2 Å². The van der Waals surface area contributed by atoms with Crippen molar-refractivity contribution in [1.29, 1.82) is 5.26 Å². The molecule has 4 aromatic heterocycles. The third-order valence-corrected chi connectivity index (χ3v) is 18.0. The molecule has 13 aromatic carbocycles. The Kier molecular flexibility index (Phi) is 11.6. The number of rotatable bonds is 10. The van der Waals surface area contributed by atoms with Crippen LogP contribution in [0.5, 0.6) is 0 Å². The van der Waals surface area contributed by atoms with E-state index in [2.05, 4.69) is 274 Å². The van der Waals surface area contributed by atoms with Crippen LogP contribution in [0.4, 0.5) is 34.1 Å². The first-order chi connectivity index (χ1) is 43.2. The van der Waals surface area contributed by atoms with Crippen molar-refractivity contribution in [3.63, 3.8) is 0 Å². The highest BCUT2D eigenvalue weighted by Gasteiger charge is 2.26. The molecule has 0 atom stereocenters. The zero-order valence-corrected chi connectivity index (χ0v) is 48.8. The number of nitrogens with zero attached hydrogens (tertiary/aromatic N) is 3. The highest BCUT2D eigenvalue weighted by atomic mass is 16.3. The first-order valence-electron chi connectivity index (χ1n) is 30.1. The van der Waals surface area contributed by atoms with Gasteiger partial charge < -0.3 is 27.5 Å². The maximum Gasteiger partial charge on any atom is 0.159 e. The van der Waals surface area contributed by atoms with E-state index in [4.69, 9.17) is 17.7 Å². The molecule has 17 rings (SSSR count). The summed E-state index contributed by atoms with van der Waals surface area (Å²) in [5.74, 6) is 0.763. The quantitative estimate of drug-likeness (QED) is 0.135. The Morgan fingerprint density at radius 3 is 1.12 bits per heavy atom. The van der Waals surface area contributed by atoms with Gasteiger partial charge in [-0.15, -0.1) is 0 Å². The van der Waals surface area contributed by atoms with Crippen molar-refractivity contribution in [2.24, 2.45) is 0 Å². The second-order valence-electron chi connectivity index (χ2n) is 23.8. The fraction of sp³-hybridized carbons (Fsp3) is 0.0741. The van der Waals surface area contributed by atoms with Crippen molar-refractivity contribution >= 4 is 143 Å². The van der Waals surface area contributed by atoms with Gasteiger partial charge in [-0.3, -0.25) is 0 Å². The number of nitriles is 1. The topological polar surface area (TPSA) is 82.8 Å². The van der Waals surface area contributed by atoms with Crippen LogP contribution in [0.3, 0.4) is 0 Å². The molecule has 17 aromatic rings. The molecule has 4 heterocycles. The molecule has 88 heavy (non-hydrogen) atoms. The van der Waals surface area contributed by atoms with Crippen LogP contribution >= 0.6 is 0 Å². The molecule has 7 nitrogen and oxygen atoms in total. The van der Waals surface area contributed by atoms with Gasteiger partial charge in [0.05, 0.1) is 16.9 Å². The molecule has 0 amide bonds. The molecule has 0 unspecified atom stereocenters. The SMILES string of the molecule is CC(C)c1ccc(N(c2ccc3cc4c(cc3c2)oc2cc3oc5cc6cc(N(c7ccc(C(C)C)cc7)c7cccc8c7oc7c(-c9ccccc9)cccc78)ccc6cc5c3c(C#N)c24)c2cccc3c2oc2c(-c4ccccc4)cccc23)cc1. The summed E-state index contributed by atoms with van der Waals surface area (Å²) in [4.78, 5) is 4.59. The standard InChI is InChI=1S/C81H55N3O4/c1-47(2)49-27-33-57(34-28-49)83(70-25-13-23-65-63-21-11-19-61(78(63)87-80(65)70)51-15-7-5-8-16-51)59-37-31-53-41-67-72(43-55(53)39-59)85-74-45-75-77(69(46-82)76(67)74)68-42-54-32-38-60(40-56(54)44-73(68)86-75)84(58-35-29-50(30-36-58)48(3)4)71-26-14-24-66-64-22-12-20-62(79(64)88-81(66)71)52-17-9-6-10-18-52/h5-45,47-48H,1-4H3. The van der Waals surface area contributed by atoms with E-state index in [1.54, 1.807) is 0 Å². The van der Waals surface area contributed by atoms with E-state index in [0.29, 0.717) is 39.7 Å². The summed E-state index contributed by atoms with van der Waals surface area (Å²) < 4.78 is 27.6. The van der Waals surface area contributed by atoms with Gasteiger partial charge in [0.2, 0.25) is 0 Å². The number of fused-ring (bicyclic) bond motifs is 14. The van der Waals surface area contributed by atoms with Gasteiger partial charge in [0, 0.05) is 83.0 Å². The Balaban J connectivity index is 0.781. The maximum absolute atomic E-state index is 11.3. The molecule has 7 heteroatoms. The number of hydrogen-bond donors (Lipinski definition) is 0. The number of furan rings is 4. The van der Waals surface area contributed by atoms with Crippen LogP contribution in [0.1, 0.15) is 56.2 Å². The average Bonchev–Trinajstić information content (AvgIpc) is 1.64. The Hall–Kier alpha value is -11.3. The largest absolute Gasteiger partial charge is 0.456 e. The molecule has 0 N–H and O–H groups in total. The van der Waals surface area contributed by atoms with E-state index in [9.17, 15) is 5.26 Å². The van der Waals surface area contributed by atoms with Gasteiger partial charge in [0.25, 0.3) is 0 Å². The molecule has 0 aliphatic carbocycles. The van der Waals surface area contributed by atoms with Gasteiger partial charge in [0.1, 0.15) is 39.6 Å².